The van der Waals surface area contributed by atoms with Crippen LogP contribution in [0.5, 0.6) is 11.5 Å². The number of carbonyl (C=O) groups is 2. The third-order valence-corrected chi connectivity index (χ3v) is 7.10. The topological polar surface area (TPSA) is 118 Å². The number of ether oxygens (including phenoxy) is 3. The predicted molar refractivity (Wildman–Crippen MR) is 147 cm³/mol. The predicted octanol–water partition coefficient (Wildman–Crippen LogP) is 4.08. The fourth-order valence-electron chi connectivity index (χ4n) is 5.20. The molecule has 4 atom stereocenters. The lowest BCUT2D eigenvalue weighted by molar-refractivity contribution is -0.142. The molecule has 1 saturated heterocycles. The summed E-state index contributed by atoms with van der Waals surface area (Å²) in [4.78, 5) is 25.2. The summed E-state index contributed by atoms with van der Waals surface area (Å²) in [5.41, 5.74) is 3.35. The first-order chi connectivity index (χ1) is 19.0. The summed E-state index contributed by atoms with van der Waals surface area (Å²) < 4.78 is 17.3. The molecule has 0 radical (unpaired) electrons. The van der Waals surface area contributed by atoms with E-state index in [0.29, 0.717) is 35.8 Å². The maximum absolute atomic E-state index is 12.6. The van der Waals surface area contributed by atoms with Gasteiger partial charge in [0.25, 0.3) is 0 Å². The van der Waals surface area contributed by atoms with Crippen LogP contribution in [-0.2, 0) is 16.0 Å². The van der Waals surface area contributed by atoms with E-state index < -0.39 is 6.10 Å². The summed E-state index contributed by atoms with van der Waals surface area (Å²) in [6.07, 6.45) is 0.266. The van der Waals surface area contributed by atoms with Crippen LogP contribution in [0.1, 0.15) is 29.9 Å². The van der Waals surface area contributed by atoms with Crippen molar-refractivity contribution in [3.63, 3.8) is 0 Å². The van der Waals surface area contributed by atoms with Crippen LogP contribution >= 0.6 is 0 Å². The molecule has 3 amide bonds. The molecule has 0 bridgehead atoms. The minimum absolute atomic E-state index is 0.0700. The highest BCUT2D eigenvalue weighted by Crippen LogP contribution is 2.47. The molecule has 204 valence electrons. The molecule has 0 aliphatic carbocycles. The molecule has 0 unspecified atom stereocenters. The highest BCUT2D eigenvalue weighted by atomic mass is 16.6. The molecule has 0 aromatic heterocycles. The molecule has 9 heteroatoms. The Morgan fingerprint density at radius 1 is 1.00 bits per heavy atom. The van der Waals surface area contributed by atoms with Crippen molar-refractivity contribution in [1.29, 1.82) is 0 Å². The number of nitrogens with one attached hydrogen (secondary N) is 3. The van der Waals surface area contributed by atoms with Crippen LogP contribution in [0.2, 0.25) is 0 Å². The second-order valence-corrected chi connectivity index (χ2v) is 9.75. The molecule has 39 heavy (non-hydrogen) atoms. The average molecular weight is 532 g/mol. The van der Waals surface area contributed by atoms with Crippen molar-refractivity contribution in [2.45, 2.75) is 43.5 Å². The van der Waals surface area contributed by atoms with E-state index in [4.69, 9.17) is 14.2 Å². The van der Waals surface area contributed by atoms with Crippen LogP contribution < -0.4 is 25.4 Å². The number of anilines is 2. The number of hydrogen-bond acceptors (Lipinski definition) is 6. The average Bonchev–Trinajstić information content (AvgIpc) is 3.31. The van der Waals surface area contributed by atoms with Gasteiger partial charge >= 0.3 is 6.03 Å². The third-order valence-electron chi connectivity index (χ3n) is 7.10. The largest absolute Gasteiger partial charge is 0.497 e. The van der Waals surface area contributed by atoms with Gasteiger partial charge in [-0.2, -0.15) is 0 Å². The van der Waals surface area contributed by atoms with Crippen molar-refractivity contribution in [2.24, 2.45) is 0 Å². The molecule has 3 aromatic rings. The Morgan fingerprint density at radius 2 is 1.74 bits per heavy atom. The fraction of sp³-hybridized carbons (Fsp3) is 0.333. The van der Waals surface area contributed by atoms with Crippen molar-refractivity contribution >= 4 is 23.3 Å². The van der Waals surface area contributed by atoms with Crippen LogP contribution in [0.4, 0.5) is 16.2 Å². The number of rotatable bonds is 9. The van der Waals surface area contributed by atoms with Crippen LogP contribution in [0.25, 0.3) is 0 Å². The second-order valence-electron chi connectivity index (χ2n) is 9.75. The molecule has 4 N–H and O–H groups in total. The zero-order chi connectivity index (χ0) is 27.2. The van der Waals surface area contributed by atoms with E-state index in [1.165, 1.54) is 0 Å². The minimum Gasteiger partial charge on any atom is -0.497 e. The Hall–Kier alpha value is -4.08. The quantitative estimate of drug-likeness (QED) is 0.331. The molecule has 9 nitrogen and oxygen atoms in total. The van der Waals surface area contributed by atoms with Crippen molar-refractivity contribution in [1.82, 2.24) is 5.32 Å². The Labute approximate surface area is 227 Å². The zero-order valence-electron chi connectivity index (χ0n) is 21.8. The summed E-state index contributed by atoms with van der Waals surface area (Å²) in [7, 11) is 1.59. The van der Waals surface area contributed by atoms with E-state index in [1.807, 2.05) is 42.5 Å². The fourth-order valence-corrected chi connectivity index (χ4v) is 5.20. The number of amides is 3. The molecule has 2 heterocycles. The van der Waals surface area contributed by atoms with Crippen molar-refractivity contribution in [3.8, 4) is 11.5 Å². The summed E-state index contributed by atoms with van der Waals surface area (Å²) in [5, 5.41) is 18.6. The Balaban J connectivity index is 1.19. The first-order valence-corrected chi connectivity index (χ1v) is 13.1. The highest BCUT2D eigenvalue weighted by molar-refractivity contribution is 5.99. The van der Waals surface area contributed by atoms with Gasteiger partial charge in [0.15, 0.2) is 0 Å². The SMILES string of the molecule is COc1ccc(NC(=O)Nc2ccc3c(c2)[C@H]2C[C@H](CC(=O)NCCc4ccccc4)O[C@@H](CO)[C@H]2O3)cc1. The van der Waals surface area contributed by atoms with Gasteiger partial charge in [0.2, 0.25) is 5.91 Å². The van der Waals surface area contributed by atoms with Crippen LogP contribution in [-0.4, -0.2) is 55.6 Å². The van der Waals surface area contributed by atoms with Gasteiger partial charge in [0.05, 0.1) is 26.2 Å². The number of fused-ring (bicyclic) bond motifs is 3. The summed E-state index contributed by atoms with van der Waals surface area (Å²) in [6, 6.07) is 22.2. The number of urea groups is 1. The molecule has 2 aliphatic rings. The molecule has 2 aliphatic heterocycles. The van der Waals surface area contributed by atoms with Gasteiger partial charge in [0, 0.05) is 29.4 Å². The van der Waals surface area contributed by atoms with E-state index in [-0.39, 0.29) is 43.1 Å². The molecule has 0 spiro atoms. The van der Waals surface area contributed by atoms with Gasteiger partial charge in [-0.25, -0.2) is 4.79 Å². The molecule has 0 saturated carbocycles. The monoisotopic (exact) mass is 531 g/mol. The number of aliphatic hydroxyl groups excluding tert-OH is 1. The number of methoxy groups -OCH3 is 1. The number of carbonyl (C=O) groups excluding carboxylic acids is 2. The lowest BCUT2D eigenvalue weighted by Crippen LogP contribution is -2.47. The first-order valence-electron chi connectivity index (χ1n) is 13.1. The number of hydrogen-bond donors (Lipinski definition) is 4. The molecule has 1 fully saturated rings. The van der Waals surface area contributed by atoms with Crippen molar-refractivity contribution in [3.05, 3.63) is 83.9 Å². The third kappa shape index (κ3) is 6.50. The minimum atomic E-state index is -0.548. The summed E-state index contributed by atoms with van der Waals surface area (Å²) in [5.74, 6) is 1.24. The highest BCUT2D eigenvalue weighted by Gasteiger charge is 2.46. The summed E-state index contributed by atoms with van der Waals surface area (Å²) in [6.45, 7) is 0.335. The number of aliphatic hydroxyl groups is 1. The van der Waals surface area contributed by atoms with E-state index in [2.05, 4.69) is 16.0 Å². The zero-order valence-corrected chi connectivity index (χ0v) is 21.8. The van der Waals surface area contributed by atoms with Crippen LogP contribution in [0.15, 0.2) is 72.8 Å². The van der Waals surface area contributed by atoms with Gasteiger partial charge in [0.1, 0.15) is 23.7 Å². The van der Waals surface area contributed by atoms with Gasteiger partial charge in [-0.05, 0) is 60.9 Å². The maximum atomic E-state index is 12.6. The standard InChI is InChI=1S/C30H33N3O6/c1-37-22-10-7-20(8-11-22)32-30(36)33-21-9-12-26-24(15-21)25-16-23(38-27(18-34)29(25)39-26)17-28(35)31-14-13-19-5-3-2-4-6-19/h2-12,15,23,25,27,29,34H,13-14,16-18H2,1H3,(H,31,35)(H2,32,33,36)/t23-,25-,27+,29+/m1/s1. The lowest BCUT2D eigenvalue weighted by Gasteiger charge is -2.37. The smallest absolute Gasteiger partial charge is 0.323 e. The second kappa shape index (κ2) is 12.2. The summed E-state index contributed by atoms with van der Waals surface area (Å²) >= 11 is 0. The normalized spacial score (nSPS) is 21.2. The molecular formula is C30H33N3O6. The van der Waals surface area contributed by atoms with Crippen LogP contribution in [0.3, 0.4) is 0 Å². The molecular weight excluding hydrogens is 498 g/mol. The van der Waals surface area contributed by atoms with Gasteiger partial charge in [-0.1, -0.05) is 30.3 Å². The van der Waals surface area contributed by atoms with E-state index >= 15 is 0 Å². The Kier molecular flexibility index (Phi) is 8.29. The Bertz CT molecular complexity index is 1280. The van der Waals surface area contributed by atoms with E-state index in [9.17, 15) is 14.7 Å². The van der Waals surface area contributed by atoms with Gasteiger partial charge in [-0.3, -0.25) is 4.79 Å². The lowest BCUT2D eigenvalue weighted by atomic mass is 9.84. The van der Waals surface area contributed by atoms with Gasteiger partial charge in [-0.15, -0.1) is 0 Å². The van der Waals surface area contributed by atoms with Crippen LogP contribution in [0, 0.1) is 0 Å². The first kappa shape index (κ1) is 26.5. The van der Waals surface area contributed by atoms with E-state index in [1.54, 1.807) is 37.4 Å². The van der Waals surface area contributed by atoms with Crippen molar-refractivity contribution in [2.75, 3.05) is 30.9 Å². The number of benzene rings is 3. The molecule has 3 aromatic carbocycles. The van der Waals surface area contributed by atoms with Crippen molar-refractivity contribution < 1.29 is 28.9 Å². The maximum Gasteiger partial charge on any atom is 0.323 e. The Morgan fingerprint density at radius 3 is 2.49 bits per heavy atom. The van der Waals surface area contributed by atoms with Gasteiger partial charge < -0.3 is 35.3 Å². The molecule has 5 rings (SSSR count). The van der Waals surface area contributed by atoms with E-state index in [0.717, 1.165) is 17.5 Å².